The molecule has 4 nitrogen and oxygen atoms in total. The monoisotopic (exact) mass is 253 g/mol. The zero-order valence-electron chi connectivity index (χ0n) is 9.38. The molecule has 0 N–H and O–H groups in total. The van der Waals surface area contributed by atoms with Crippen LogP contribution in [0.3, 0.4) is 0 Å². The third kappa shape index (κ3) is 22.7. The molecular weight excluding hydrogens is 242 g/mol. The van der Waals surface area contributed by atoms with Crippen molar-refractivity contribution in [1.29, 1.82) is 0 Å². The Morgan fingerprint density at radius 1 is 1.00 bits per heavy atom. The molecule has 14 heavy (non-hydrogen) atoms. The van der Waals surface area contributed by atoms with Gasteiger partial charge in [0.1, 0.15) is 0 Å². The van der Waals surface area contributed by atoms with Gasteiger partial charge in [-0.25, -0.2) is 0 Å². The van der Waals surface area contributed by atoms with Crippen molar-refractivity contribution in [3.05, 3.63) is 24.3 Å². The van der Waals surface area contributed by atoms with Crippen LogP contribution in [0.2, 0.25) is 0 Å². The second-order valence-electron chi connectivity index (χ2n) is 2.14. The van der Waals surface area contributed by atoms with Gasteiger partial charge in [-0.1, -0.05) is 13.2 Å². The average Bonchev–Trinajstić information content (AvgIpc) is 1.88. The van der Waals surface area contributed by atoms with E-state index in [9.17, 15) is 19.8 Å². The van der Waals surface area contributed by atoms with E-state index in [2.05, 4.69) is 13.2 Å². The van der Waals surface area contributed by atoms with Gasteiger partial charge >= 0.3 is 46.3 Å². The maximum Gasteiger partial charge on any atom is 2.00 e. The Kier molecular flexibility index (Phi) is 21.8. The molecule has 0 aliphatic heterocycles. The molecule has 1 radical (unpaired) electrons. The predicted octanol–water partition coefficient (Wildman–Crippen LogP) is -4.26. The van der Waals surface area contributed by atoms with Crippen molar-refractivity contribution in [2.24, 2.45) is 0 Å². The van der Waals surface area contributed by atoms with Crippen LogP contribution in [0.1, 0.15) is 15.3 Å². The third-order valence-electron chi connectivity index (χ3n) is 0.697. The van der Waals surface area contributed by atoms with E-state index >= 15 is 0 Å². The molecule has 0 amide bonds. The first-order chi connectivity index (χ1) is 5.29. The van der Waals surface area contributed by atoms with Crippen LogP contribution in [0, 0.1) is 0 Å². The minimum Gasteiger partial charge on any atom is -1.00 e. The summed E-state index contributed by atoms with van der Waals surface area (Å²) in [5.74, 6) is -2.37. The van der Waals surface area contributed by atoms with E-state index in [0.717, 1.165) is 0 Å². The summed E-state index contributed by atoms with van der Waals surface area (Å²) in [5, 5.41) is 19.0. The molecule has 0 aromatic heterocycles. The maximum absolute atomic E-state index is 9.49. The summed E-state index contributed by atoms with van der Waals surface area (Å²) < 4.78 is 0. The minimum absolute atomic E-state index is 0. The summed E-state index contributed by atoms with van der Waals surface area (Å²) in [7, 11) is 0. The van der Waals surface area contributed by atoms with E-state index in [0.29, 0.717) is 0 Å². The van der Waals surface area contributed by atoms with Crippen molar-refractivity contribution in [2.75, 3.05) is 0 Å². The van der Waals surface area contributed by atoms with Crippen LogP contribution in [-0.4, -0.2) is 11.9 Å². The molecule has 0 aromatic rings. The fourth-order valence-electron chi connectivity index (χ4n) is 0. The van der Waals surface area contributed by atoms with E-state index in [1.807, 2.05) is 0 Å². The predicted molar refractivity (Wildman–Crippen MR) is 40.8 cm³/mol. The molecule has 0 heterocycles. The van der Waals surface area contributed by atoms with Crippen LogP contribution in [0.5, 0.6) is 0 Å². The van der Waals surface area contributed by atoms with Crippen LogP contribution in [0.4, 0.5) is 0 Å². The molecule has 6 heteroatoms. The quantitative estimate of drug-likeness (QED) is 0.368. The Morgan fingerprint density at radius 2 is 1.07 bits per heavy atom. The van der Waals surface area contributed by atoms with Crippen LogP contribution in [0.15, 0.2) is 24.3 Å². The normalized spacial score (nSPS) is 6.43. The molecule has 0 rings (SSSR count). The molecule has 0 aromatic carbocycles. The van der Waals surface area contributed by atoms with Gasteiger partial charge in [-0.05, 0) is 25.0 Å². The summed E-state index contributed by atoms with van der Waals surface area (Å²) in [6, 6.07) is 0. The fraction of sp³-hybridized carbons (Fsp3) is 0.250. The molecule has 0 unspecified atom stereocenters. The minimum atomic E-state index is -1.19. The number of carbonyl (C=O) groups excluding carboxylic acids is 2. The van der Waals surface area contributed by atoms with Gasteiger partial charge in [0.25, 0.3) is 0 Å². The van der Waals surface area contributed by atoms with E-state index in [4.69, 9.17) is 0 Å². The Morgan fingerprint density at radius 3 is 1.07 bits per heavy atom. The molecule has 77 valence electrons. The second kappa shape index (κ2) is 12.9. The second-order valence-corrected chi connectivity index (χ2v) is 2.14. The van der Waals surface area contributed by atoms with E-state index < -0.39 is 11.9 Å². The SMILES string of the molecule is C=C(C)C(=O)[O-].C=C(C)C(=O)[O-].[Co+2].[H-].[Na+]. The topological polar surface area (TPSA) is 80.3 Å². The summed E-state index contributed by atoms with van der Waals surface area (Å²) in [4.78, 5) is 19.0. The summed E-state index contributed by atoms with van der Waals surface area (Å²) in [6.45, 7) is 8.95. The Balaban J connectivity index is -0.0000000370. The summed E-state index contributed by atoms with van der Waals surface area (Å²) >= 11 is 0. The number of rotatable bonds is 2. The molecule has 0 spiro atoms. The first-order valence-corrected chi connectivity index (χ1v) is 3.02. The van der Waals surface area contributed by atoms with Crippen LogP contribution >= 0.6 is 0 Å². The van der Waals surface area contributed by atoms with Crippen LogP contribution in [0.25, 0.3) is 0 Å². The third-order valence-corrected chi connectivity index (χ3v) is 0.697. The number of carboxylic acids is 2. The van der Waals surface area contributed by atoms with Gasteiger partial charge in [-0.15, -0.1) is 0 Å². The largest absolute Gasteiger partial charge is 2.00 e. The van der Waals surface area contributed by atoms with Crippen LogP contribution < -0.4 is 39.8 Å². The molecule has 0 atom stereocenters. The Hall–Kier alpha value is -0.0735. The molecule has 0 saturated carbocycles. The van der Waals surface area contributed by atoms with Gasteiger partial charge in [-0.2, -0.15) is 0 Å². The molecule has 0 bridgehead atoms. The Bertz CT molecular complexity index is 183. The van der Waals surface area contributed by atoms with Crippen molar-refractivity contribution in [1.82, 2.24) is 0 Å². The summed E-state index contributed by atoms with van der Waals surface area (Å²) in [5.41, 5.74) is 0.130. The zero-order chi connectivity index (χ0) is 10.3. The standard InChI is InChI=1S/2C4H6O2.Co.Na.H/c2*1-3(2)4(5)6;;;/h2*1H2,2H3,(H,5,6);;;/q;;+2;+1;-1/p-2. The van der Waals surface area contributed by atoms with Gasteiger partial charge in [-0.3, -0.25) is 0 Å². The molecule has 0 saturated heterocycles. The molecule has 0 aliphatic rings. The van der Waals surface area contributed by atoms with Crippen molar-refractivity contribution >= 4 is 11.9 Å². The number of hydrogen-bond acceptors (Lipinski definition) is 4. The molecule has 0 fully saturated rings. The number of aliphatic carboxylic acids is 2. The van der Waals surface area contributed by atoms with E-state index in [1.165, 1.54) is 13.8 Å². The summed E-state index contributed by atoms with van der Waals surface area (Å²) in [6.07, 6.45) is 0. The number of carboxylic acid groups (broad SMARTS) is 2. The van der Waals surface area contributed by atoms with Gasteiger partial charge < -0.3 is 21.2 Å². The van der Waals surface area contributed by atoms with E-state index in [1.54, 1.807) is 0 Å². The number of carbonyl (C=O) groups is 2. The molecular formula is C8H11CoNaO4. The van der Waals surface area contributed by atoms with Gasteiger partial charge in [0.15, 0.2) is 0 Å². The van der Waals surface area contributed by atoms with Crippen molar-refractivity contribution in [3.8, 4) is 0 Å². The van der Waals surface area contributed by atoms with Crippen molar-refractivity contribution in [3.63, 3.8) is 0 Å². The van der Waals surface area contributed by atoms with Gasteiger partial charge in [0, 0.05) is 0 Å². The first kappa shape index (κ1) is 23.6. The Labute approximate surface area is 117 Å². The van der Waals surface area contributed by atoms with Gasteiger partial charge in [0.05, 0.1) is 11.9 Å². The first-order valence-electron chi connectivity index (χ1n) is 3.02. The smallest absolute Gasteiger partial charge is 1.00 e. The zero-order valence-corrected chi connectivity index (χ0v) is 11.4. The number of hydrogen-bond donors (Lipinski definition) is 0. The molecule has 0 aliphatic carbocycles. The van der Waals surface area contributed by atoms with Crippen molar-refractivity contribution in [2.45, 2.75) is 13.8 Å². The fourth-order valence-corrected chi connectivity index (χ4v) is 0. The average molecular weight is 253 g/mol. The van der Waals surface area contributed by atoms with Gasteiger partial charge in [0.2, 0.25) is 0 Å². The maximum atomic E-state index is 9.49. The van der Waals surface area contributed by atoms with Crippen LogP contribution in [-0.2, 0) is 26.4 Å². The van der Waals surface area contributed by atoms with E-state index in [-0.39, 0.29) is 58.9 Å². The van der Waals surface area contributed by atoms with Crippen molar-refractivity contribution < 1.29 is 67.6 Å².